The van der Waals surface area contributed by atoms with Crippen LogP contribution in [0.25, 0.3) is 11.4 Å². The molecule has 3 aromatic rings. The van der Waals surface area contributed by atoms with Gasteiger partial charge in [-0.25, -0.2) is 0 Å². The summed E-state index contributed by atoms with van der Waals surface area (Å²) in [5.74, 6) is 0.377. The van der Waals surface area contributed by atoms with Crippen molar-refractivity contribution in [3.05, 3.63) is 50.1 Å². The Hall–Kier alpha value is -1.57. The molecule has 0 saturated carbocycles. The zero-order valence-corrected chi connectivity index (χ0v) is 13.7. The second-order valence-corrected chi connectivity index (χ2v) is 6.72. The second kappa shape index (κ2) is 6.05. The number of rotatable bonds is 4. The van der Waals surface area contributed by atoms with Crippen molar-refractivity contribution in [2.75, 3.05) is 0 Å². The van der Waals surface area contributed by atoms with Crippen molar-refractivity contribution in [3.8, 4) is 11.4 Å². The topological polar surface area (TPSA) is 60.7 Å². The van der Waals surface area contributed by atoms with E-state index in [1.165, 1.54) is 16.1 Å². The van der Waals surface area contributed by atoms with Gasteiger partial charge in [-0.05, 0) is 29.5 Å². The van der Waals surface area contributed by atoms with E-state index in [2.05, 4.69) is 31.3 Å². The highest BCUT2D eigenvalue weighted by molar-refractivity contribution is 9.10. The third kappa shape index (κ3) is 3.20. The van der Waals surface area contributed by atoms with Crippen LogP contribution in [0.1, 0.15) is 9.67 Å². The van der Waals surface area contributed by atoms with Crippen LogP contribution in [0.15, 0.2) is 40.9 Å². The lowest BCUT2D eigenvalue weighted by Gasteiger charge is -1.97. The van der Waals surface area contributed by atoms with E-state index in [1.807, 2.05) is 24.3 Å². The van der Waals surface area contributed by atoms with E-state index in [0.717, 1.165) is 10.0 Å². The number of ketones is 1. The molecule has 0 aliphatic carbocycles. The number of nitrogens with zero attached hydrogens (tertiary/aromatic N) is 4. The summed E-state index contributed by atoms with van der Waals surface area (Å²) in [5, 5.41) is 12.1. The van der Waals surface area contributed by atoms with Crippen LogP contribution in [0.2, 0.25) is 4.34 Å². The fourth-order valence-electron chi connectivity index (χ4n) is 1.73. The van der Waals surface area contributed by atoms with Crippen LogP contribution in [0.5, 0.6) is 0 Å². The summed E-state index contributed by atoms with van der Waals surface area (Å²) < 4.78 is 1.46. The molecule has 3 rings (SSSR count). The van der Waals surface area contributed by atoms with Crippen LogP contribution in [0.3, 0.4) is 0 Å². The standard InChI is InChI=1S/C13H8BrClN4OS/c14-9-4-2-1-3-8(9)13-16-18-19(17-13)7-10(20)11-5-6-12(15)21-11/h1-6H,7H2. The van der Waals surface area contributed by atoms with Gasteiger partial charge in [-0.15, -0.1) is 21.5 Å². The molecule has 0 unspecified atom stereocenters. The first-order valence-electron chi connectivity index (χ1n) is 5.95. The third-order valence-corrected chi connectivity index (χ3v) is 4.66. The lowest BCUT2D eigenvalue weighted by Crippen LogP contribution is -2.12. The largest absolute Gasteiger partial charge is 0.291 e. The lowest BCUT2D eigenvalue weighted by molar-refractivity contribution is 0.0965. The minimum absolute atomic E-state index is 0.0360. The van der Waals surface area contributed by atoms with E-state index in [0.29, 0.717) is 15.0 Å². The molecule has 2 heterocycles. The summed E-state index contributed by atoms with van der Waals surface area (Å²) in [6.45, 7) is 0.0360. The summed E-state index contributed by atoms with van der Waals surface area (Å²) in [5.41, 5.74) is 0.829. The molecule has 2 aromatic heterocycles. The second-order valence-electron chi connectivity index (χ2n) is 4.15. The number of carbonyl (C=O) groups excluding carboxylic acids is 1. The highest BCUT2D eigenvalue weighted by atomic mass is 79.9. The number of benzene rings is 1. The summed E-state index contributed by atoms with van der Waals surface area (Å²) in [7, 11) is 0. The third-order valence-electron chi connectivity index (χ3n) is 2.70. The molecule has 0 radical (unpaired) electrons. The van der Waals surface area contributed by atoms with Crippen molar-refractivity contribution in [2.24, 2.45) is 0 Å². The van der Waals surface area contributed by atoms with Crippen LogP contribution < -0.4 is 0 Å². The van der Waals surface area contributed by atoms with E-state index in [9.17, 15) is 4.79 Å². The minimum Gasteiger partial charge on any atom is -0.291 e. The molecule has 0 N–H and O–H groups in total. The molecule has 0 fully saturated rings. The SMILES string of the molecule is O=C(Cn1nnc(-c2ccccc2Br)n1)c1ccc(Cl)s1. The van der Waals surface area contributed by atoms with Crippen molar-refractivity contribution in [3.63, 3.8) is 0 Å². The predicted molar refractivity (Wildman–Crippen MR) is 84.6 cm³/mol. The number of thiophene rings is 1. The Bertz CT molecular complexity index is 801. The van der Waals surface area contributed by atoms with Gasteiger partial charge in [0.2, 0.25) is 5.82 Å². The molecule has 0 aliphatic rings. The molecule has 0 atom stereocenters. The molecule has 0 bridgehead atoms. The number of hydrogen-bond acceptors (Lipinski definition) is 5. The van der Waals surface area contributed by atoms with Gasteiger partial charge in [0.05, 0.1) is 9.21 Å². The molecule has 0 saturated heterocycles. The number of hydrogen-bond donors (Lipinski definition) is 0. The Kier molecular flexibility index (Phi) is 4.14. The Morgan fingerprint density at radius 3 is 2.81 bits per heavy atom. The Labute approximate surface area is 137 Å². The first-order chi connectivity index (χ1) is 10.1. The summed E-state index contributed by atoms with van der Waals surface area (Å²) in [4.78, 5) is 13.9. The van der Waals surface area contributed by atoms with Gasteiger partial charge in [0.15, 0.2) is 5.78 Å². The van der Waals surface area contributed by atoms with E-state index in [4.69, 9.17) is 11.6 Å². The highest BCUT2D eigenvalue weighted by Gasteiger charge is 2.13. The Morgan fingerprint density at radius 1 is 1.29 bits per heavy atom. The number of tetrazole rings is 1. The van der Waals surface area contributed by atoms with Gasteiger partial charge in [0, 0.05) is 10.0 Å². The normalized spacial score (nSPS) is 10.8. The molecule has 21 heavy (non-hydrogen) atoms. The molecule has 0 spiro atoms. The van der Waals surface area contributed by atoms with Crippen LogP contribution in [-0.4, -0.2) is 26.0 Å². The number of aromatic nitrogens is 4. The summed E-state index contributed by atoms with van der Waals surface area (Å²) in [6.07, 6.45) is 0. The van der Waals surface area contributed by atoms with Gasteiger partial charge >= 0.3 is 0 Å². The van der Waals surface area contributed by atoms with Crippen LogP contribution in [-0.2, 0) is 6.54 Å². The molecule has 5 nitrogen and oxygen atoms in total. The van der Waals surface area contributed by atoms with Crippen molar-refractivity contribution in [2.45, 2.75) is 6.54 Å². The van der Waals surface area contributed by atoms with Crippen molar-refractivity contribution in [1.29, 1.82) is 0 Å². The molecule has 0 amide bonds. The smallest absolute Gasteiger partial charge is 0.206 e. The molecule has 1 aromatic carbocycles. The maximum Gasteiger partial charge on any atom is 0.206 e. The zero-order chi connectivity index (χ0) is 14.8. The molecule has 106 valence electrons. The molecule has 8 heteroatoms. The van der Waals surface area contributed by atoms with Gasteiger partial charge in [-0.3, -0.25) is 4.79 Å². The monoisotopic (exact) mass is 382 g/mol. The molecular formula is C13H8BrClN4OS. The summed E-state index contributed by atoms with van der Waals surface area (Å²) >= 11 is 10.5. The first-order valence-corrected chi connectivity index (χ1v) is 7.93. The average Bonchev–Trinajstić information content (AvgIpc) is 3.08. The quantitative estimate of drug-likeness (QED) is 0.645. The Balaban J connectivity index is 1.80. The van der Waals surface area contributed by atoms with Gasteiger partial charge in [0.1, 0.15) is 6.54 Å². The van der Waals surface area contributed by atoms with E-state index < -0.39 is 0 Å². The lowest BCUT2D eigenvalue weighted by atomic mass is 10.2. The van der Waals surface area contributed by atoms with E-state index in [1.54, 1.807) is 12.1 Å². The van der Waals surface area contributed by atoms with Crippen LogP contribution >= 0.6 is 38.9 Å². The number of Topliss-reactive ketones (excluding diaryl/α,β-unsaturated/α-hetero) is 1. The fraction of sp³-hybridized carbons (Fsp3) is 0.0769. The predicted octanol–water partition coefficient (Wildman–Crippen LogP) is 3.70. The fourth-order valence-corrected chi connectivity index (χ4v) is 3.17. The number of halogens is 2. The maximum absolute atomic E-state index is 12.1. The van der Waals surface area contributed by atoms with Crippen molar-refractivity contribution < 1.29 is 4.79 Å². The van der Waals surface area contributed by atoms with Crippen LogP contribution in [0.4, 0.5) is 0 Å². The van der Waals surface area contributed by atoms with E-state index in [-0.39, 0.29) is 12.3 Å². The minimum atomic E-state index is -0.0945. The van der Waals surface area contributed by atoms with Gasteiger partial charge < -0.3 is 0 Å². The van der Waals surface area contributed by atoms with Gasteiger partial charge in [0.25, 0.3) is 0 Å². The van der Waals surface area contributed by atoms with E-state index >= 15 is 0 Å². The molecular weight excluding hydrogens is 376 g/mol. The first kappa shape index (κ1) is 14.4. The Morgan fingerprint density at radius 2 is 2.10 bits per heavy atom. The van der Waals surface area contributed by atoms with Gasteiger partial charge in [-0.2, -0.15) is 4.80 Å². The summed E-state index contributed by atoms with van der Waals surface area (Å²) in [6, 6.07) is 11.0. The maximum atomic E-state index is 12.1. The van der Waals surface area contributed by atoms with Gasteiger partial charge in [-0.1, -0.05) is 39.7 Å². The highest BCUT2D eigenvalue weighted by Crippen LogP contribution is 2.24. The molecule has 0 aliphatic heterocycles. The van der Waals surface area contributed by atoms with Crippen LogP contribution in [0, 0.1) is 0 Å². The van der Waals surface area contributed by atoms with Crippen molar-refractivity contribution >= 4 is 44.7 Å². The van der Waals surface area contributed by atoms with Crippen molar-refractivity contribution in [1.82, 2.24) is 20.2 Å². The average molecular weight is 384 g/mol. The zero-order valence-electron chi connectivity index (χ0n) is 10.5. The number of carbonyl (C=O) groups is 1.